The Kier molecular flexibility index (Phi) is 29.5. The molecule has 2 heterocycles. The van der Waals surface area contributed by atoms with Gasteiger partial charge in [0.25, 0.3) is 0 Å². The van der Waals surface area contributed by atoms with Crippen LogP contribution >= 0.6 is 24.1 Å². The quantitative estimate of drug-likeness (QED) is 0.0371. The van der Waals surface area contributed by atoms with Crippen LogP contribution in [0.5, 0.6) is 0 Å². The van der Waals surface area contributed by atoms with Gasteiger partial charge in [0.15, 0.2) is 0 Å². The molecule has 5 heteroatoms. The number of unbranched alkanes of at least 4 members (excludes halogenated alkanes) is 28. The number of epoxide rings is 2. The highest BCUT2D eigenvalue weighted by Gasteiger charge is 2.36. The molecule has 2 aliphatic heterocycles. The topological polar surface area (TPSA) is 34.3 Å². The van der Waals surface area contributed by atoms with Crippen LogP contribution < -0.4 is 0 Å². The summed E-state index contributed by atoms with van der Waals surface area (Å²) in [5.41, 5.74) is 0. The fourth-order valence-electron chi connectivity index (χ4n) is 6.69. The Morgan fingerprint density at radius 1 is 0.400 bits per heavy atom. The molecule has 268 valence electrons. The van der Waals surface area contributed by atoms with Crippen LogP contribution in [0.25, 0.3) is 0 Å². The van der Waals surface area contributed by atoms with Gasteiger partial charge in [0.05, 0.1) is 35.9 Å². The molecule has 45 heavy (non-hydrogen) atoms. The van der Waals surface area contributed by atoms with Gasteiger partial charge in [-0.1, -0.05) is 206 Å². The van der Waals surface area contributed by atoms with Crippen LogP contribution in [0.2, 0.25) is 0 Å². The molecule has 0 N–H and O–H groups in total. The van der Waals surface area contributed by atoms with Gasteiger partial charge in [-0.25, -0.2) is 3.63 Å². The van der Waals surface area contributed by atoms with E-state index < -0.39 is 0 Å². The minimum atomic E-state index is 0.424. The maximum Gasteiger partial charge on any atom is 0.0950 e. The Labute approximate surface area is 291 Å². The highest BCUT2D eigenvalue weighted by atomic mass is 32.2. The third kappa shape index (κ3) is 27.1. The smallest absolute Gasteiger partial charge is 0.0950 e. The first-order valence-electron chi connectivity index (χ1n) is 20.6. The first kappa shape index (κ1) is 41.7. The van der Waals surface area contributed by atoms with Gasteiger partial charge >= 0.3 is 0 Å². The molecule has 0 amide bonds. The summed E-state index contributed by atoms with van der Waals surface area (Å²) in [5.74, 6) is 0. The maximum absolute atomic E-state index is 6.18. The van der Waals surface area contributed by atoms with Crippen molar-refractivity contribution in [2.45, 2.75) is 242 Å². The van der Waals surface area contributed by atoms with E-state index in [9.17, 15) is 0 Å². The minimum absolute atomic E-state index is 0.424. The van der Waals surface area contributed by atoms with Crippen LogP contribution in [0, 0.1) is 0 Å². The average Bonchev–Trinajstić information content (AvgIpc) is 3.97. The minimum Gasteiger partial charge on any atom is -0.372 e. The Morgan fingerprint density at radius 3 is 0.844 bits per heavy atom. The van der Waals surface area contributed by atoms with Gasteiger partial charge in [0.1, 0.15) is 0 Å². The van der Waals surface area contributed by atoms with Crippen molar-refractivity contribution in [2.24, 2.45) is 0 Å². The van der Waals surface area contributed by atoms with E-state index in [1.807, 2.05) is 0 Å². The van der Waals surface area contributed by atoms with E-state index >= 15 is 0 Å². The second-order valence-corrected chi connectivity index (χ2v) is 16.7. The molecule has 0 bridgehead atoms. The summed E-state index contributed by atoms with van der Waals surface area (Å²) in [5, 5.41) is 1.01. The molecule has 0 aromatic rings. The van der Waals surface area contributed by atoms with E-state index in [4.69, 9.17) is 13.1 Å². The van der Waals surface area contributed by atoms with Crippen LogP contribution in [-0.4, -0.2) is 35.9 Å². The molecule has 2 saturated heterocycles. The second-order valence-electron chi connectivity index (χ2n) is 14.6. The highest BCUT2D eigenvalue weighted by Crippen LogP contribution is 2.38. The van der Waals surface area contributed by atoms with E-state index in [-0.39, 0.29) is 0 Å². The fourth-order valence-corrected chi connectivity index (χ4v) is 8.77. The van der Waals surface area contributed by atoms with Crippen LogP contribution in [0.3, 0.4) is 0 Å². The second kappa shape index (κ2) is 31.8. The van der Waals surface area contributed by atoms with Crippen LogP contribution in [0.1, 0.15) is 219 Å². The molecular formula is C40H78O3S2. The van der Waals surface area contributed by atoms with E-state index in [0.717, 1.165) is 13.2 Å². The number of ether oxygens (including phenoxy) is 2. The molecule has 2 rings (SSSR count). The van der Waals surface area contributed by atoms with Gasteiger partial charge in [-0.3, -0.25) is 0 Å². The molecule has 3 nitrogen and oxygen atoms in total. The van der Waals surface area contributed by atoms with Crippen molar-refractivity contribution in [2.75, 3.05) is 13.2 Å². The Bertz CT molecular complexity index is 548. The van der Waals surface area contributed by atoms with E-state index in [1.165, 1.54) is 205 Å². The molecule has 0 aromatic heterocycles. The van der Waals surface area contributed by atoms with Gasteiger partial charge in [0, 0.05) is 24.1 Å². The predicted molar refractivity (Wildman–Crippen MR) is 202 cm³/mol. The molecule has 0 aromatic carbocycles. The molecule has 4 unspecified atom stereocenters. The van der Waals surface area contributed by atoms with Crippen molar-refractivity contribution >= 4 is 24.1 Å². The molecule has 0 radical (unpaired) electrons. The summed E-state index contributed by atoms with van der Waals surface area (Å²) in [6.45, 7) is 6.46. The summed E-state index contributed by atoms with van der Waals surface area (Å²) < 4.78 is 17.6. The van der Waals surface area contributed by atoms with Crippen molar-refractivity contribution in [3.63, 3.8) is 0 Å². The lowest BCUT2D eigenvalue weighted by Crippen LogP contribution is -2.14. The molecular weight excluding hydrogens is 593 g/mol. The van der Waals surface area contributed by atoms with Gasteiger partial charge in [-0.2, -0.15) is 0 Å². The zero-order valence-corrected chi connectivity index (χ0v) is 32.0. The lowest BCUT2D eigenvalue weighted by atomic mass is 10.0. The maximum atomic E-state index is 6.18. The van der Waals surface area contributed by atoms with Gasteiger partial charge in [-0.05, 0) is 12.8 Å². The highest BCUT2D eigenvalue weighted by molar-refractivity contribution is 8.08. The van der Waals surface area contributed by atoms with Crippen molar-refractivity contribution in [1.29, 1.82) is 0 Å². The number of hydrogen-bond donors (Lipinski definition) is 0. The number of hydrogen-bond acceptors (Lipinski definition) is 5. The summed E-state index contributed by atoms with van der Waals surface area (Å²) in [4.78, 5) is 0. The summed E-state index contributed by atoms with van der Waals surface area (Å²) in [7, 11) is 0. The Balaban J connectivity index is 1.35. The lowest BCUT2D eigenvalue weighted by Gasteiger charge is -2.16. The molecule has 0 aliphatic carbocycles. The summed E-state index contributed by atoms with van der Waals surface area (Å²) in [6.07, 6.45) is 46.1. The standard InChI is InChI=1S/C40H78O3S2/c1-3-5-7-9-11-13-15-17-19-21-23-25-27-29-31-33-39(37-35-41-37)44-43-45-40(38-36-42-38)34-32-30-28-26-24-22-20-18-16-14-12-10-8-6-4-2/h37-40H,3-36H2,1-2H3. The van der Waals surface area contributed by atoms with Gasteiger partial charge < -0.3 is 9.47 Å². The summed E-state index contributed by atoms with van der Waals surface area (Å²) >= 11 is 3.40. The molecule has 0 saturated carbocycles. The third-order valence-electron chi connectivity index (χ3n) is 10.1. The van der Waals surface area contributed by atoms with Gasteiger partial charge in [-0.15, -0.1) is 0 Å². The van der Waals surface area contributed by atoms with Gasteiger partial charge in [0.2, 0.25) is 0 Å². The SMILES string of the molecule is CCCCCCCCCCCCCCCCCC(SOSC(CCCCCCCCCCCCCCCCC)C1CO1)C1CO1. The average molecular weight is 671 g/mol. The van der Waals surface area contributed by atoms with E-state index in [2.05, 4.69) is 13.8 Å². The van der Waals surface area contributed by atoms with Crippen molar-refractivity contribution in [1.82, 2.24) is 0 Å². The molecule has 0 spiro atoms. The zero-order valence-electron chi connectivity index (χ0n) is 30.4. The van der Waals surface area contributed by atoms with Crippen molar-refractivity contribution < 1.29 is 13.1 Å². The molecule has 2 fully saturated rings. The normalized spacial score (nSPS) is 18.8. The monoisotopic (exact) mass is 671 g/mol. The first-order chi connectivity index (χ1) is 22.3. The predicted octanol–water partition coefficient (Wildman–Crippen LogP) is 14.4. The first-order valence-corrected chi connectivity index (χ1v) is 22.2. The van der Waals surface area contributed by atoms with Crippen LogP contribution in [0.4, 0.5) is 0 Å². The third-order valence-corrected chi connectivity index (χ3v) is 12.3. The largest absolute Gasteiger partial charge is 0.372 e. The van der Waals surface area contributed by atoms with E-state index in [1.54, 1.807) is 24.1 Å². The van der Waals surface area contributed by atoms with E-state index in [0.29, 0.717) is 22.7 Å². The summed E-state index contributed by atoms with van der Waals surface area (Å²) in [6, 6.07) is 0. The van der Waals surface area contributed by atoms with Crippen molar-refractivity contribution in [3.05, 3.63) is 0 Å². The lowest BCUT2D eigenvalue weighted by molar-refractivity contribution is 0.387. The molecule has 2 aliphatic rings. The van der Waals surface area contributed by atoms with Crippen molar-refractivity contribution in [3.8, 4) is 0 Å². The Morgan fingerprint density at radius 2 is 0.622 bits per heavy atom. The zero-order chi connectivity index (χ0) is 31.9. The number of rotatable bonds is 38. The molecule has 4 atom stereocenters. The fraction of sp³-hybridized carbons (Fsp3) is 1.00. The van der Waals surface area contributed by atoms with Crippen LogP contribution in [-0.2, 0) is 13.1 Å². The Hall–Kier alpha value is 0.580. The van der Waals surface area contributed by atoms with Crippen LogP contribution in [0.15, 0.2) is 0 Å².